The van der Waals surface area contributed by atoms with Crippen LogP contribution in [0.2, 0.25) is 0 Å². The summed E-state index contributed by atoms with van der Waals surface area (Å²) in [6.07, 6.45) is 2.50. The van der Waals surface area contributed by atoms with Gasteiger partial charge in [0, 0.05) is 5.69 Å². The van der Waals surface area contributed by atoms with Crippen molar-refractivity contribution in [1.82, 2.24) is 0 Å². The molecule has 0 aromatic heterocycles. The lowest BCUT2D eigenvalue weighted by atomic mass is 10.2. The Morgan fingerprint density at radius 2 is 1.65 bits per heavy atom. The lowest BCUT2D eigenvalue weighted by Crippen LogP contribution is -2.08. The van der Waals surface area contributed by atoms with Crippen LogP contribution in [0.15, 0.2) is 60.0 Å². The molecule has 0 fully saturated rings. The molecule has 0 saturated heterocycles. The molecule has 4 heteroatoms. The van der Waals surface area contributed by atoms with Crippen molar-refractivity contribution in [3.63, 3.8) is 0 Å². The summed E-state index contributed by atoms with van der Waals surface area (Å²) in [4.78, 5) is 0. The number of hydrogen-bond donors (Lipinski definition) is 1. The lowest BCUT2D eigenvalue weighted by molar-refractivity contribution is 0.609. The van der Waals surface area contributed by atoms with Crippen molar-refractivity contribution in [3.8, 4) is 0 Å². The maximum Gasteiger partial charge on any atom is 0.255 e. The predicted octanol–water partition coefficient (Wildman–Crippen LogP) is 3.66. The number of sulfonamides is 1. The van der Waals surface area contributed by atoms with Gasteiger partial charge in [-0.15, -0.1) is 0 Å². The van der Waals surface area contributed by atoms with Crippen LogP contribution in [0.5, 0.6) is 0 Å². The summed E-state index contributed by atoms with van der Waals surface area (Å²) in [5.41, 5.74) is 2.59. The quantitative estimate of drug-likeness (QED) is 0.912. The summed E-state index contributed by atoms with van der Waals surface area (Å²) >= 11 is 0. The number of nitrogens with one attached hydrogen (secondary N) is 1. The first-order valence-electron chi connectivity index (χ1n) is 6.44. The summed E-state index contributed by atoms with van der Waals surface area (Å²) in [5, 5.41) is 1.18. The average Bonchev–Trinajstić information content (AvgIpc) is 2.47. The molecule has 0 aliphatic heterocycles. The van der Waals surface area contributed by atoms with Crippen molar-refractivity contribution in [2.45, 2.75) is 13.3 Å². The smallest absolute Gasteiger partial charge is 0.255 e. The van der Waals surface area contributed by atoms with Crippen LogP contribution in [-0.4, -0.2) is 8.42 Å². The molecule has 0 amide bonds. The van der Waals surface area contributed by atoms with Crippen molar-refractivity contribution >= 4 is 21.8 Å². The monoisotopic (exact) mass is 287 g/mol. The van der Waals surface area contributed by atoms with Crippen molar-refractivity contribution in [2.24, 2.45) is 0 Å². The highest BCUT2D eigenvalue weighted by Crippen LogP contribution is 2.13. The van der Waals surface area contributed by atoms with E-state index in [0.29, 0.717) is 5.69 Å². The third-order valence-electron chi connectivity index (χ3n) is 2.86. The van der Waals surface area contributed by atoms with Gasteiger partial charge in [0.25, 0.3) is 10.0 Å². The second-order valence-electron chi connectivity index (χ2n) is 4.41. The zero-order chi connectivity index (χ0) is 14.4. The van der Waals surface area contributed by atoms with Crippen molar-refractivity contribution in [1.29, 1.82) is 0 Å². The van der Waals surface area contributed by atoms with Crippen LogP contribution in [0.3, 0.4) is 0 Å². The maximum absolute atomic E-state index is 11.9. The van der Waals surface area contributed by atoms with E-state index in [1.54, 1.807) is 18.2 Å². The zero-order valence-corrected chi connectivity index (χ0v) is 12.1. The Bertz CT molecular complexity index is 674. The number of aryl methyl sites for hydroxylation is 1. The SMILES string of the molecule is CCc1ccc(NS(=O)(=O)/C=C/c2ccccc2)cc1. The number of benzene rings is 2. The second kappa shape index (κ2) is 6.39. The van der Waals surface area contributed by atoms with Crippen molar-refractivity contribution in [2.75, 3.05) is 4.72 Å². The number of hydrogen-bond acceptors (Lipinski definition) is 2. The fraction of sp³-hybridized carbons (Fsp3) is 0.125. The van der Waals surface area contributed by atoms with Crippen LogP contribution >= 0.6 is 0 Å². The fourth-order valence-corrected chi connectivity index (χ4v) is 2.61. The maximum atomic E-state index is 11.9. The minimum atomic E-state index is -3.48. The Morgan fingerprint density at radius 1 is 1.00 bits per heavy atom. The highest BCUT2D eigenvalue weighted by atomic mass is 32.2. The van der Waals surface area contributed by atoms with Crippen molar-refractivity contribution < 1.29 is 8.42 Å². The first-order valence-corrected chi connectivity index (χ1v) is 7.98. The molecule has 0 atom stereocenters. The van der Waals surface area contributed by atoms with Gasteiger partial charge >= 0.3 is 0 Å². The molecule has 0 saturated carbocycles. The van der Waals surface area contributed by atoms with E-state index in [2.05, 4.69) is 11.6 Å². The third kappa shape index (κ3) is 4.24. The summed E-state index contributed by atoms with van der Waals surface area (Å²) in [7, 11) is -3.48. The van der Waals surface area contributed by atoms with E-state index < -0.39 is 10.0 Å². The van der Waals surface area contributed by atoms with Crippen LogP contribution < -0.4 is 4.72 Å². The first kappa shape index (κ1) is 14.3. The summed E-state index contributed by atoms with van der Waals surface area (Å²) in [6.45, 7) is 2.06. The Morgan fingerprint density at radius 3 is 2.25 bits per heavy atom. The Balaban J connectivity index is 2.09. The molecule has 0 spiro atoms. The van der Waals surface area contributed by atoms with Gasteiger partial charge in [0.15, 0.2) is 0 Å². The molecule has 0 unspecified atom stereocenters. The molecule has 3 nitrogen and oxygen atoms in total. The molecule has 1 N–H and O–H groups in total. The molecule has 0 bridgehead atoms. The molecule has 2 aromatic carbocycles. The zero-order valence-electron chi connectivity index (χ0n) is 11.3. The molecule has 0 aliphatic carbocycles. The van der Waals surface area contributed by atoms with Gasteiger partial charge in [-0.2, -0.15) is 0 Å². The van der Waals surface area contributed by atoms with Crippen LogP contribution in [0.25, 0.3) is 6.08 Å². The Labute approximate surface area is 120 Å². The molecule has 0 heterocycles. The summed E-state index contributed by atoms with van der Waals surface area (Å²) < 4.78 is 26.4. The Hall–Kier alpha value is -2.07. The molecule has 2 aromatic rings. The van der Waals surface area contributed by atoms with Gasteiger partial charge in [-0.3, -0.25) is 4.72 Å². The lowest BCUT2D eigenvalue weighted by Gasteiger charge is -2.05. The van der Waals surface area contributed by atoms with Gasteiger partial charge < -0.3 is 0 Å². The van der Waals surface area contributed by atoms with Gasteiger partial charge in [0.05, 0.1) is 5.41 Å². The highest BCUT2D eigenvalue weighted by molar-refractivity contribution is 7.95. The van der Waals surface area contributed by atoms with Gasteiger partial charge in [-0.1, -0.05) is 49.4 Å². The topological polar surface area (TPSA) is 46.2 Å². The molecule has 2 rings (SSSR count). The van der Waals surface area contributed by atoms with E-state index >= 15 is 0 Å². The number of rotatable bonds is 5. The average molecular weight is 287 g/mol. The van der Waals surface area contributed by atoms with Gasteiger partial charge in [0.2, 0.25) is 0 Å². The normalized spacial score (nSPS) is 11.7. The molecule has 0 radical (unpaired) electrons. The number of anilines is 1. The van der Waals surface area contributed by atoms with E-state index in [0.717, 1.165) is 12.0 Å². The fourth-order valence-electron chi connectivity index (χ4n) is 1.74. The molecular weight excluding hydrogens is 270 g/mol. The van der Waals surface area contributed by atoms with Crippen LogP contribution in [0, 0.1) is 0 Å². The molecule has 20 heavy (non-hydrogen) atoms. The standard InChI is InChI=1S/C16H17NO2S/c1-2-14-8-10-16(11-9-14)17-20(18,19)13-12-15-6-4-3-5-7-15/h3-13,17H,2H2,1H3/b13-12+. The van der Waals surface area contributed by atoms with Gasteiger partial charge in [0.1, 0.15) is 0 Å². The Kier molecular flexibility index (Phi) is 4.58. The van der Waals surface area contributed by atoms with E-state index in [1.165, 1.54) is 11.0 Å². The minimum absolute atomic E-state index is 0.569. The van der Waals surface area contributed by atoms with Crippen molar-refractivity contribution in [3.05, 3.63) is 71.1 Å². The van der Waals surface area contributed by atoms with Gasteiger partial charge in [-0.25, -0.2) is 8.42 Å². The van der Waals surface area contributed by atoms with Crippen LogP contribution in [-0.2, 0) is 16.4 Å². The van der Waals surface area contributed by atoms with E-state index in [1.807, 2.05) is 42.5 Å². The first-order chi connectivity index (χ1) is 9.59. The van der Waals surface area contributed by atoms with E-state index in [9.17, 15) is 8.42 Å². The minimum Gasteiger partial charge on any atom is -0.280 e. The summed E-state index contributed by atoms with van der Waals surface area (Å²) in [6, 6.07) is 16.7. The summed E-state index contributed by atoms with van der Waals surface area (Å²) in [5.74, 6) is 0. The largest absolute Gasteiger partial charge is 0.280 e. The highest BCUT2D eigenvalue weighted by Gasteiger charge is 2.05. The van der Waals surface area contributed by atoms with Crippen LogP contribution in [0.1, 0.15) is 18.1 Å². The second-order valence-corrected chi connectivity index (χ2v) is 5.98. The third-order valence-corrected chi connectivity index (χ3v) is 3.88. The predicted molar refractivity (Wildman–Crippen MR) is 83.8 cm³/mol. The molecule has 0 aliphatic rings. The molecular formula is C16H17NO2S. The molecule has 104 valence electrons. The van der Waals surface area contributed by atoms with Gasteiger partial charge in [-0.05, 0) is 35.8 Å². The van der Waals surface area contributed by atoms with Crippen LogP contribution in [0.4, 0.5) is 5.69 Å². The van der Waals surface area contributed by atoms with E-state index in [4.69, 9.17) is 0 Å². The van der Waals surface area contributed by atoms with E-state index in [-0.39, 0.29) is 0 Å².